The van der Waals surface area contributed by atoms with Crippen LogP contribution < -0.4 is 0 Å². The Labute approximate surface area is 97.3 Å². The zero-order chi connectivity index (χ0) is 11.5. The summed E-state index contributed by atoms with van der Waals surface area (Å²) in [6, 6.07) is 7.99. The summed E-state index contributed by atoms with van der Waals surface area (Å²) in [7, 11) is 0. The third-order valence-corrected chi connectivity index (χ3v) is 3.32. The van der Waals surface area contributed by atoms with Crippen molar-refractivity contribution in [3.05, 3.63) is 35.4 Å². The van der Waals surface area contributed by atoms with Crippen LogP contribution in [-0.4, -0.2) is 23.9 Å². The van der Waals surface area contributed by atoms with Gasteiger partial charge in [0, 0.05) is 18.7 Å². The number of nitrogens with zero attached hydrogens (tertiary/aromatic N) is 1. The lowest BCUT2D eigenvalue weighted by Gasteiger charge is -2.15. The van der Waals surface area contributed by atoms with E-state index in [0.717, 1.165) is 31.5 Å². The van der Waals surface area contributed by atoms with Crippen molar-refractivity contribution in [3.8, 4) is 0 Å². The van der Waals surface area contributed by atoms with Crippen molar-refractivity contribution in [3.63, 3.8) is 0 Å². The maximum atomic E-state index is 12.1. The van der Waals surface area contributed by atoms with Gasteiger partial charge in [0.2, 0.25) is 0 Å². The minimum atomic E-state index is 0.187. The van der Waals surface area contributed by atoms with E-state index >= 15 is 0 Å². The summed E-state index contributed by atoms with van der Waals surface area (Å²) < 4.78 is 0. The SMILES string of the molecule is CCc1ccc(C(=O)N2CCC(C)C2)cc1. The molecule has 0 saturated carbocycles. The normalized spacial score (nSPS) is 20.1. The smallest absolute Gasteiger partial charge is 0.253 e. The minimum absolute atomic E-state index is 0.187. The predicted octanol–water partition coefficient (Wildman–Crippen LogP) is 2.73. The molecule has 1 aliphatic rings. The molecule has 1 aliphatic heterocycles. The van der Waals surface area contributed by atoms with Crippen molar-refractivity contribution >= 4 is 5.91 Å². The molecule has 0 aromatic heterocycles. The molecule has 1 aromatic rings. The zero-order valence-corrected chi connectivity index (χ0v) is 10.1. The van der Waals surface area contributed by atoms with Gasteiger partial charge in [0.25, 0.3) is 5.91 Å². The van der Waals surface area contributed by atoms with Gasteiger partial charge >= 0.3 is 0 Å². The van der Waals surface area contributed by atoms with E-state index in [0.29, 0.717) is 5.92 Å². The fourth-order valence-corrected chi connectivity index (χ4v) is 2.19. The molecule has 0 spiro atoms. The third kappa shape index (κ3) is 2.26. The van der Waals surface area contributed by atoms with Gasteiger partial charge in [-0.15, -0.1) is 0 Å². The molecule has 0 aliphatic carbocycles. The lowest BCUT2D eigenvalue weighted by molar-refractivity contribution is 0.0788. The largest absolute Gasteiger partial charge is 0.338 e. The lowest BCUT2D eigenvalue weighted by Crippen LogP contribution is -2.28. The van der Waals surface area contributed by atoms with E-state index in [-0.39, 0.29) is 5.91 Å². The summed E-state index contributed by atoms with van der Waals surface area (Å²) in [4.78, 5) is 14.1. The summed E-state index contributed by atoms with van der Waals surface area (Å²) in [5, 5.41) is 0. The van der Waals surface area contributed by atoms with Crippen molar-refractivity contribution in [2.75, 3.05) is 13.1 Å². The molecular weight excluding hydrogens is 198 g/mol. The van der Waals surface area contributed by atoms with Crippen LogP contribution in [0.25, 0.3) is 0 Å². The Morgan fingerprint density at radius 3 is 2.56 bits per heavy atom. The van der Waals surface area contributed by atoms with E-state index in [1.807, 2.05) is 29.2 Å². The maximum Gasteiger partial charge on any atom is 0.253 e. The van der Waals surface area contributed by atoms with Gasteiger partial charge in [-0.3, -0.25) is 4.79 Å². The van der Waals surface area contributed by atoms with Crippen LogP contribution in [0, 0.1) is 5.92 Å². The monoisotopic (exact) mass is 217 g/mol. The fourth-order valence-electron chi connectivity index (χ4n) is 2.19. The second kappa shape index (κ2) is 4.69. The van der Waals surface area contributed by atoms with Crippen molar-refractivity contribution < 1.29 is 4.79 Å². The summed E-state index contributed by atoms with van der Waals surface area (Å²) in [5.74, 6) is 0.839. The number of benzene rings is 1. The molecule has 2 rings (SSSR count). The van der Waals surface area contributed by atoms with Gasteiger partial charge in [-0.2, -0.15) is 0 Å². The molecule has 16 heavy (non-hydrogen) atoms. The molecule has 1 fully saturated rings. The van der Waals surface area contributed by atoms with Gasteiger partial charge < -0.3 is 4.90 Å². The van der Waals surface area contributed by atoms with Crippen molar-refractivity contribution in [1.82, 2.24) is 4.90 Å². The number of aryl methyl sites for hydroxylation is 1. The molecule has 0 N–H and O–H groups in total. The highest BCUT2D eigenvalue weighted by Gasteiger charge is 2.23. The highest BCUT2D eigenvalue weighted by Crippen LogP contribution is 2.18. The maximum absolute atomic E-state index is 12.1. The van der Waals surface area contributed by atoms with E-state index in [9.17, 15) is 4.79 Å². The fraction of sp³-hybridized carbons (Fsp3) is 0.500. The summed E-state index contributed by atoms with van der Waals surface area (Å²) in [6.45, 7) is 6.15. The lowest BCUT2D eigenvalue weighted by atomic mass is 10.1. The Kier molecular flexibility index (Phi) is 3.28. The van der Waals surface area contributed by atoms with Gasteiger partial charge in [-0.1, -0.05) is 26.0 Å². The van der Waals surface area contributed by atoms with Gasteiger partial charge in [-0.05, 0) is 36.5 Å². The molecule has 86 valence electrons. The minimum Gasteiger partial charge on any atom is -0.338 e. The molecule has 1 amide bonds. The molecule has 1 saturated heterocycles. The van der Waals surface area contributed by atoms with Crippen molar-refractivity contribution in [2.24, 2.45) is 5.92 Å². The predicted molar refractivity (Wildman–Crippen MR) is 65.5 cm³/mol. The molecule has 1 unspecified atom stereocenters. The number of amides is 1. The number of carbonyl (C=O) groups is 1. The molecule has 0 bridgehead atoms. The second-order valence-electron chi connectivity index (χ2n) is 4.70. The van der Waals surface area contributed by atoms with Crippen LogP contribution in [0.5, 0.6) is 0 Å². The van der Waals surface area contributed by atoms with Crippen LogP contribution in [0.4, 0.5) is 0 Å². The Morgan fingerprint density at radius 2 is 2.06 bits per heavy atom. The molecule has 1 atom stereocenters. The second-order valence-corrected chi connectivity index (χ2v) is 4.70. The van der Waals surface area contributed by atoms with Crippen LogP contribution in [-0.2, 0) is 6.42 Å². The first-order chi connectivity index (χ1) is 7.70. The molecule has 2 heteroatoms. The Bertz CT molecular complexity index is 369. The third-order valence-electron chi connectivity index (χ3n) is 3.32. The van der Waals surface area contributed by atoms with Crippen molar-refractivity contribution in [2.45, 2.75) is 26.7 Å². The van der Waals surface area contributed by atoms with Crippen LogP contribution in [0.1, 0.15) is 36.2 Å². The number of carbonyl (C=O) groups excluding carboxylic acids is 1. The van der Waals surface area contributed by atoms with Crippen LogP contribution >= 0.6 is 0 Å². The molecule has 1 aromatic carbocycles. The molecule has 2 nitrogen and oxygen atoms in total. The summed E-state index contributed by atoms with van der Waals surface area (Å²) in [5.41, 5.74) is 2.11. The first kappa shape index (κ1) is 11.2. The van der Waals surface area contributed by atoms with Gasteiger partial charge in [0.15, 0.2) is 0 Å². The van der Waals surface area contributed by atoms with E-state index in [4.69, 9.17) is 0 Å². The van der Waals surface area contributed by atoms with E-state index in [1.54, 1.807) is 0 Å². The van der Waals surface area contributed by atoms with Gasteiger partial charge in [0.1, 0.15) is 0 Å². The zero-order valence-electron chi connectivity index (χ0n) is 10.1. The van der Waals surface area contributed by atoms with Crippen LogP contribution in [0.15, 0.2) is 24.3 Å². The topological polar surface area (TPSA) is 20.3 Å². The number of rotatable bonds is 2. The molecule has 1 heterocycles. The van der Waals surface area contributed by atoms with Crippen molar-refractivity contribution in [1.29, 1.82) is 0 Å². The number of hydrogen-bond acceptors (Lipinski definition) is 1. The average Bonchev–Trinajstić information content (AvgIpc) is 2.75. The Balaban J connectivity index is 2.08. The van der Waals surface area contributed by atoms with Gasteiger partial charge in [0.05, 0.1) is 0 Å². The van der Waals surface area contributed by atoms with E-state index in [1.165, 1.54) is 5.56 Å². The summed E-state index contributed by atoms with van der Waals surface area (Å²) in [6.07, 6.45) is 2.16. The Morgan fingerprint density at radius 1 is 1.38 bits per heavy atom. The quantitative estimate of drug-likeness (QED) is 0.746. The molecular formula is C14H19NO. The standard InChI is InChI=1S/C14H19NO/c1-3-12-4-6-13(7-5-12)14(16)15-9-8-11(2)10-15/h4-7,11H,3,8-10H2,1-2H3. The summed E-state index contributed by atoms with van der Waals surface area (Å²) >= 11 is 0. The Hall–Kier alpha value is -1.31. The van der Waals surface area contributed by atoms with Crippen LogP contribution in [0.2, 0.25) is 0 Å². The number of likely N-dealkylation sites (tertiary alicyclic amines) is 1. The average molecular weight is 217 g/mol. The van der Waals surface area contributed by atoms with Crippen LogP contribution in [0.3, 0.4) is 0 Å². The van der Waals surface area contributed by atoms with E-state index in [2.05, 4.69) is 13.8 Å². The highest BCUT2D eigenvalue weighted by atomic mass is 16.2. The first-order valence-corrected chi connectivity index (χ1v) is 6.09. The highest BCUT2D eigenvalue weighted by molar-refractivity contribution is 5.94. The molecule has 0 radical (unpaired) electrons. The van der Waals surface area contributed by atoms with E-state index < -0.39 is 0 Å². The number of hydrogen-bond donors (Lipinski definition) is 0. The first-order valence-electron chi connectivity index (χ1n) is 6.09. The van der Waals surface area contributed by atoms with Gasteiger partial charge in [-0.25, -0.2) is 0 Å².